The van der Waals surface area contributed by atoms with Crippen molar-refractivity contribution < 1.29 is 23.1 Å². The topological polar surface area (TPSA) is 61.4 Å². The normalized spacial score (nSPS) is 11.2. The van der Waals surface area contributed by atoms with E-state index >= 15 is 0 Å². The van der Waals surface area contributed by atoms with Crippen LogP contribution in [0.1, 0.15) is 11.1 Å². The molecule has 2 rings (SSSR count). The fourth-order valence-corrected chi connectivity index (χ4v) is 2.03. The number of urea groups is 1. The SMILES string of the molecule is Cc1cc(O)ccc1NC(=O)Nc1cc(C(F)(F)F)ccc1Cl. The highest BCUT2D eigenvalue weighted by Crippen LogP contribution is 2.33. The van der Waals surface area contributed by atoms with Crippen molar-refractivity contribution in [3.8, 4) is 5.75 Å². The number of carbonyl (C=O) groups is 1. The van der Waals surface area contributed by atoms with Crippen LogP contribution in [0.15, 0.2) is 36.4 Å². The Morgan fingerprint density at radius 2 is 1.74 bits per heavy atom. The van der Waals surface area contributed by atoms with Crippen molar-refractivity contribution in [3.63, 3.8) is 0 Å². The standard InChI is InChI=1S/C15H12ClF3N2O2/c1-8-6-10(22)3-5-12(8)20-14(23)21-13-7-9(15(17,18)19)2-4-11(13)16/h2-7,22H,1H3,(H2,20,21,23). The minimum atomic E-state index is -4.54. The fourth-order valence-electron chi connectivity index (χ4n) is 1.86. The van der Waals surface area contributed by atoms with Crippen LogP contribution in [0.25, 0.3) is 0 Å². The Morgan fingerprint density at radius 1 is 1.09 bits per heavy atom. The van der Waals surface area contributed by atoms with Crippen LogP contribution in [0.2, 0.25) is 5.02 Å². The molecule has 0 saturated heterocycles. The molecular weight excluding hydrogens is 333 g/mol. The average molecular weight is 345 g/mol. The largest absolute Gasteiger partial charge is 0.508 e. The number of aromatic hydroxyl groups is 1. The van der Waals surface area contributed by atoms with Crippen LogP contribution < -0.4 is 10.6 Å². The maximum atomic E-state index is 12.7. The molecule has 0 fully saturated rings. The Bertz CT molecular complexity index is 748. The number of aryl methyl sites for hydroxylation is 1. The van der Waals surface area contributed by atoms with Gasteiger partial charge < -0.3 is 15.7 Å². The first-order valence-corrected chi connectivity index (χ1v) is 6.79. The predicted octanol–water partition coefficient (Wildman–Crippen LogP) is 5.02. The highest BCUT2D eigenvalue weighted by molar-refractivity contribution is 6.33. The number of phenolic OH excluding ortho intramolecular Hbond substituents is 1. The lowest BCUT2D eigenvalue weighted by molar-refractivity contribution is -0.137. The van der Waals surface area contributed by atoms with Crippen LogP contribution in [0.4, 0.5) is 29.3 Å². The van der Waals surface area contributed by atoms with Gasteiger partial charge >= 0.3 is 12.2 Å². The number of hydrogen-bond acceptors (Lipinski definition) is 2. The molecule has 0 unspecified atom stereocenters. The monoisotopic (exact) mass is 344 g/mol. The van der Waals surface area contributed by atoms with E-state index in [0.717, 1.165) is 18.2 Å². The third-order valence-corrected chi connectivity index (χ3v) is 3.33. The van der Waals surface area contributed by atoms with Crippen molar-refractivity contribution >= 4 is 29.0 Å². The van der Waals surface area contributed by atoms with E-state index in [2.05, 4.69) is 10.6 Å². The van der Waals surface area contributed by atoms with Gasteiger partial charge in [0.05, 0.1) is 16.3 Å². The van der Waals surface area contributed by atoms with E-state index < -0.39 is 17.8 Å². The van der Waals surface area contributed by atoms with Crippen LogP contribution in [0.5, 0.6) is 5.75 Å². The van der Waals surface area contributed by atoms with Gasteiger partial charge in [-0.15, -0.1) is 0 Å². The van der Waals surface area contributed by atoms with Crippen LogP contribution in [0.3, 0.4) is 0 Å². The van der Waals surface area contributed by atoms with Crippen molar-refractivity contribution in [1.82, 2.24) is 0 Å². The molecule has 0 atom stereocenters. The maximum Gasteiger partial charge on any atom is 0.416 e. The van der Waals surface area contributed by atoms with Gasteiger partial charge in [0.1, 0.15) is 5.75 Å². The molecule has 2 aromatic rings. The molecule has 2 amide bonds. The van der Waals surface area contributed by atoms with Crippen molar-refractivity contribution in [3.05, 3.63) is 52.5 Å². The molecule has 8 heteroatoms. The molecule has 0 spiro atoms. The van der Waals surface area contributed by atoms with Gasteiger partial charge in [0.25, 0.3) is 0 Å². The van der Waals surface area contributed by atoms with Crippen LogP contribution in [-0.4, -0.2) is 11.1 Å². The second-order valence-corrected chi connectivity index (χ2v) is 5.18. The second kappa shape index (κ2) is 6.37. The minimum Gasteiger partial charge on any atom is -0.508 e. The Balaban J connectivity index is 2.17. The summed E-state index contributed by atoms with van der Waals surface area (Å²) in [6.07, 6.45) is -4.54. The summed E-state index contributed by atoms with van der Waals surface area (Å²) >= 11 is 5.80. The first-order valence-electron chi connectivity index (χ1n) is 6.41. The number of benzene rings is 2. The van der Waals surface area contributed by atoms with Gasteiger partial charge in [0, 0.05) is 5.69 Å². The Hall–Kier alpha value is -2.41. The number of rotatable bonds is 2. The van der Waals surface area contributed by atoms with Crippen LogP contribution in [-0.2, 0) is 6.18 Å². The smallest absolute Gasteiger partial charge is 0.416 e. The summed E-state index contributed by atoms with van der Waals surface area (Å²) in [6, 6.07) is 6.18. The van der Waals surface area contributed by atoms with E-state index in [-0.39, 0.29) is 16.5 Å². The van der Waals surface area contributed by atoms with E-state index in [1.165, 1.54) is 18.2 Å². The molecule has 4 nitrogen and oxygen atoms in total. The van der Waals surface area contributed by atoms with Crippen LogP contribution >= 0.6 is 11.6 Å². The van der Waals surface area contributed by atoms with Crippen molar-refractivity contribution in [1.29, 1.82) is 0 Å². The molecule has 0 aliphatic rings. The van der Waals surface area contributed by atoms with E-state index in [1.807, 2.05) is 0 Å². The molecule has 3 N–H and O–H groups in total. The molecule has 0 saturated carbocycles. The molecule has 0 aromatic heterocycles. The first-order chi connectivity index (χ1) is 10.7. The number of nitrogens with one attached hydrogen (secondary N) is 2. The molecular formula is C15H12ClF3N2O2. The van der Waals surface area contributed by atoms with Gasteiger partial charge in [-0.05, 0) is 48.9 Å². The highest BCUT2D eigenvalue weighted by atomic mass is 35.5. The summed E-state index contributed by atoms with van der Waals surface area (Å²) in [4.78, 5) is 11.9. The molecule has 2 aromatic carbocycles. The maximum absolute atomic E-state index is 12.7. The lowest BCUT2D eigenvalue weighted by atomic mass is 10.2. The number of hydrogen-bond donors (Lipinski definition) is 3. The Morgan fingerprint density at radius 3 is 2.35 bits per heavy atom. The van der Waals surface area contributed by atoms with E-state index in [0.29, 0.717) is 11.3 Å². The Kier molecular flexibility index (Phi) is 4.70. The molecule has 0 radical (unpaired) electrons. The summed E-state index contributed by atoms with van der Waals surface area (Å²) in [5, 5.41) is 14.0. The number of anilines is 2. The first kappa shape index (κ1) is 17.0. The summed E-state index contributed by atoms with van der Waals surface area (Å²) in [5.41, 5.74) is -0.0767. The molecule has 0 aliphatic heterocycles. The molecule has 23 heavy (non-hydrogen) atoms. The van der Waals surface area contributed by atoms with Gasteiger partial charge in [-0.1, -0.05) is 11.6 Å². The van der Waals surface area contributed by atoms with Gasteiger partial charge in [0.2, 0.25) is 0 Å². The Labute approximate surface area is 134 Å². The summed E-state index contributed by atoms with van der Waals surface area (Å²) in [5.74, 6) is 0.0365. The molecule has 0 aliphatic carbocycles. The number of halogens is 4. The minimum absolute atomic E-state index is 0.0180. The zero-order valence-electron chi connectivity index (χ0n) is 11.8. The van der Waals surface area contributed by atoms with Gasteiger partial charge in [-0.3, -0.25) is 0 Å². The van der Waals surface area contributed by atoms with Crippen molar-refractivity contribution in [2.45, 2.75) is 13.1 Å². The summed E-state index contributed by atoms with van der Waals surface area (Å²) < 4.78 is 38.0. The van der Waals surface area contributed by atoms with Gasteiger partial charge in [0.15, 0.2) is 0 Å². The lowest BCUT2D eigenvalue weighted by Crippen LogP contribution is -2.20. The van der Waals surface area contributed by atoms with Crippen LogP contribution in [0, 0.1) is 6.92 Å². The van der Waals surface area contributed by atoms with E-state index in [4.69, 9.17) is 11.6 Å². The highest BCUT2D eigenvalue weighted by Gasteiger charge is 2.31. The zero-order valence-corrected chi connectivity index (χ0v) is 12.6. The fraction of sp³-hybridized carbons (Fsp3) is 0.133. The molecule has 122 valence electrons. The van der Waals surface area contributed by atoms with Crippen molar-refractivity contribution in [2.24, 2.45) is 0 Å². The average Bonchev–Trinajstić information content (AvgIpc) is 2.43. The lowest BCUT2D eigenvalue weighted by Gasteiger charge is -2.13. The second-order valence-electron chi connectivity index (χ2n) is 4.77. The number of alkyl halides is 3. The van der Waals surface area contributed by atoms with Crippen molar-refractivity contribution in [2.75, 3.05) is 10.6 Å². The number of phenols is 1. The van der Waals surface area contributed by atoms with Gasteiger partial charge in [-0.25, -0.2) is 4.79 Å². The summed E-state index contributed by atoms with van der Waals surface area (Å²) in [7, 11) is 0. The van der Waals surface area contributed by atoms with E-state index in [9.17, 15) is 23.1 Å². The van der Waals surface area contributed by atoms with E-state index in [1.54, 1.807) is 6.92 Å². The predicted molar refractivity (Wildman–Crippen MR) is 81.9 cm³/mol. The molecule has 0 heterocycles. The third kappa shape index (κ3) is 4.29. The zero-order chi connectivity index (χ0) is 17.2. The molecule has 0 bridgehead atoms. The summed E-state index contributed by atoms with van der Waals surface area (Å²) in [6.45, 7) is 1.66. The van der Waals surface area contributed by atoms with Gasteiger partial charge in [-0.2, -0.15) is 13.2 Å². The number of carbonyl (C=O) groups excluding carboxylic acids is 1. The quantitative estimate of drug-likeness (QED) is 0.670. The third-order valence-electron chi connectivity index (χ3n) is 3.00. The number of amides is 2.